The molecule has 0 amide bonds. The molecule has 2 aliphatic carbocycles. The second-order valence-corrected chi connectivity index (χ2v) is 8.16. The van der Waals surface area contributed by atoms with Gasteiger partial charge in [-0.15, -0.1) is 0 Å². The van der Waals surface area contributed by atoms with E-state index in [1.165, 1.54) is 83.5 Å². The Kier molecular flexibility index (Phi) is 9.98. The molecule has 0 aliphatic heterocycles. The summed E-state index contributed by atoms with van der Waals surface area (Å²) in [5.41, 5.74) is 0. The predicted octanol–water partition coefficient (Wildman–Crippen LogP) is 4.74. The molecule has 0 heterocycles. The number of carbonyl (C=O) groups excluding carboxylic acids is 1. The summed E-state index contributed by atoms with van der Waals surface area (Å²) in [6, 6.07) is 1.41. The molecular formula is C21H40N2O. The molecule has 140 valence electrons. The van der Waals surface area contributed by atoms with Gasteiger partial charge in [0.15, 0.2) is 0 Å². The summed E-state index contributed by atoms with van der Waals surface area (Å²) in [7, 11) is 0. The lowest BCUT2D eigenvalue weighted by molar-refractivity contribution is -0.119. The molecule has 0 aromatic carbocycles. The summed E-state index contributed by atoms with van der Waals surface area (Å²) >= 11 is 0. The second kappa shape index (κ2) is 12.0. The molecule has 2 aliphatic rings. The number of ketones is 1. The van der Waals surface area contributed by atoms with Crippen molar-refractivity contribution in [2.75, 3.05) is 6.54 Å². The lowest BCUT2D eigenvalue weighted by atomic mass is 10.0. The summed E-state index contributed by atoms with van der Waals surface area (Å²) in [6.07, 6.45) is 19.6. The van der Waals surface area contributed by atoms with E-state index in [1.54, 1.807) is 6.92 Å². The minimum absolute atomic E-state index is 0.0889. The van der Waals surface area contributed by atoms with Crippen molar-refractivity contribution < 1.29 is 4.79 Å². The Labute approximate surface area is 149 Å². The molecule has 0 aromatic rings. The van der Waals surface area contributed by atoms with Gasteiger partial charge in [0.1, 0.15) is 5.78 Å². The van der Waals surface area contributed by atoms with E-state index in [0.717, 1.165) is 25.4 Å². The van der Waals surface area contributed by atoms with E-state index in [1.807, 2.05) is 0 Å². The van der Waals surface area contributed by atoms with E-state index < -0.39 is 0 Å². The highest BCUT2D eigenvalue weighted by atomic mass is 16.1. The number of rotatable bonds is 9. The summed E-state index contributed by atoms with van der Waals surface area (Å²) in [5, 5.41) is 7.42. The number of carbonyl (C=O) groups is 1. The van der Waals surface area contributed by atoms with Crippen molar-refractivity contribution in [2.45, 2.75) is 121 Å². The first-order valence-corrected chi connectivity index (χ1v) is 10.8. The van der Waals surface area contributed by atoms with Crippen molar-refractivity contribution >= 4 is 5.78 Å². The number of nitrogens with one attached hydrogen (secondary N) is 2. The highest BCUT2D eigenvalue weighted by Crippen LogP contribution is 2.19. The van der Waals surface area contributed by atoms with Crippen LogP contribution in [0.3, 0.4) is 0 Å². The molecule has 24 heavy (non-hydrogen) atoms. The summed E-state index contributed by atoms with van der Waals surface area (Å²) in [5.74, 6) is 0.330. The Morgan fingerprint density at radius 2 is 1.38 bits per heavy atom. The van der Waals surface area contributed by atoms with Gasteiger partial charge in [-0.1, -0.05) is 57.8 Å². The minimum atomic E-state index is 0.0889. The molecule has 0 radical (unpaired) electrons. The van der Waals surface area contributed by atoms with E-state index >= 15 is 0 Å². The second-order valence-electron chi connectivity index (χ2n) is 8.16. The fraction of sp³-hybridized carbons (Fsp3) is 0.952. The fourth-order valence-corrected chi connectivity index (χ4v) is 4.40. The molecule has 2 N–H and O–H groups in total. The largest absolute Gasteiger partial charge is 0.314 e. The molecule has 2 fully saturated rings. The zero-order valence-corrected chi connectivity index (χ0v) is 16.0. The van der Waals surface area contributed by atoms with Crippen LogP contribution in [0.25, 0.3) is 0 Å². The van der Waals surface area contributed by atoms with Crippen LogP contribution in [0.2, 0.25) is 0 Å². The van der Waals surface area contributed by atoms with Gasteiger partial charge < -0.3 is 10.6 Å². The van der Waals surface area contributed by atoms with Crippen LogP contribution in [-0.2, 0) is 4.79 Å². The minimum Gasteiger partial charge on any atom is -0.314 e. The quantitative estimate of drug-likeness (QED) is 0.472. The maximum absolute atomic E-state index is 12.0. The monoisotopic (exact) mass is 336 g/mol. The third-order valence-electron chi connectivity index (χ3n) is 5.99. The van der Waals surface area contributed by atoms with Crippen molar-refractivity contribution in [3.63, 3.8) is 0 Å². The summed E-state index contributed by atoms with van der Waals surface area (Å²) < 4.78 is 0. The number of hydrogen-bond donors (Lipinski definition) is 2. The number of hydrogen-bond acceptors (Lipinski definition) is 3. The van der Waals surface area contributed by atoms with E-state index in [0.29, 0.717) is 11.8 Å². The first-order chi connectivity index (χ1) is 11.8. The maximum Gasteiger partial charge on any atom is 0.146 e. The van der Waals surface area contributed by atoms with Crippen molar-refractivity contribution in [2.24, 2.45) is 0 Å². The van der Waals surface area contributed by atoms with E-state index in [-0.39, 0.29) is 6.04 Å². The first-order valence-electron chi connectivity index (χ1n) is 10.8. The van der Waals surface area contributed by atoms with Gasteiger partial charge in [0.05, 0.1) is 6.04 Å². The Morgan fingerprint density at radius 1 is 0.833 bits per heavy atom. The third kappa shape index (κ3) is 8.11. The molecule has 3 nitrogen and oxygen atoms in total. The van der Waals surface area contributed by atoms with Crippen molar-refractivity contribution in [1.82, 2.24) is 10.6 Å². The SMILES string of the molecule is CC(=O)C(CCCCNC1CCCCCC1)NC1CCCCCC1. The molecule has 1 atom stereocenters. The summed E-state index contributed by atoms with van der Waals surface area (Å²) in [4.78, 5) is 12.0. The van der Waals surface area contributed by atoms with Gasteiger partial charge in [-0.05, 0) is 52.0 Å². The standard InChI is InChI=1S/C21H40N2O/c1-18(24)21(23-20-14-8-4-5-9-15-20)16-10-11-17-22-19-12-6-2-3-7-13-19/h19-23H,2-17H2,1H3. The molecule has 0 spiro atoms. The molecule has 3 heteroatoms. The van der Waals surface area contributed by atoms with E-state index in [4.69, 9.17) is 0 Å². The van der Waals surface area contributed by atoms with Crippen LogP contribution in [0.1, 0.15) is 103 Å². The Bertz CT molecular complexity index is 329. The Morgan fingerprint density at radius 3 is 1.92 bits per heavy atom. The van der Waals surface area contributed by atoms with Crippen LogP contribution in [0.4, 0.5) is 0 Å². The molecule has 0 saturated heterocycles. The number of Topliss-reactive ketones (excluding diaryl/α,β-unsaturated/α-hetero) is 1. The smallest absolute Gasteiger partial charge is 0.146 e. The normalized spacial score (nSPS) is 22.7. The van der Waals surface area contributed by atoms with Gasteiger partial charge in [0.2, 0.25) is 0 Å². The zero-order chi connectivity index (χ0) is 17.0. The van der Waals surface area contributed by atoms with E-state index in [2.05, 4.69) is 10.6 Å². The first kappa shape index (κ1) is 19.9. The van der Waals surface area contributed by atoms with Crippen molar-refractivity contribution in [1.29, 1.82) is 0 Å². The Hall–Kier alpha value is -0.410. The van der Waals surface area contributed by atoms with Gasteiger partial charge in [0.25, 0.3) is 0 Å². The zero-order valence-electron chi connectivity index (χ0n) is 16.0. The molecule has 2 rings (SSSR count). The average Bonchev–Trinajstić information content (AvgIpc) is 2.98. The van der Waals surface area contributed by atoms with Crippen molar-refractivity contribution in [3.8, 4) is 0 Å². The van der Waals surface area contributed by atoms with Crippen molar-refractivity contribution in [3.05, 3.63) is 0 Å². The molecular weight excluding hydrogens is 296 g/mol. The third-order valence-corrected chi connectivity index (χ3v) is 5.99. The molecule has 2 saturated carbocycles. The van der Waals surface area contributed by atoms with Gasteiger partial charge in [-0.3, -0.25) is 4.79 Å². The van der Waals surface area contributed by atoms with Crippen LogP contribution >= 0.6 is 0 Å². The topological polar surface area (TPSA) is 41.1 Å². The average molecular weight is 337 g/mol. The molecule has 1 unspecified atom stereocenters. The van der Waals surface area contributed by atoms with Crippen LogP contribution in [0.5, 0.6) is 0 Å². The number of unbranched alkanes of at least 4 members (excludes halogenated alkanes) is 1. The fourth-order valence-electron chi connectivity index (χ4n) is 4.40. The van der Waals surface area contributed by atoms with Gasteiger partial charge >= 0.3 is 0 Å². The van der Waals surface area contributed by atoms with E-state index in [9.17, 15) is 4.79 Å². The lowest BCUT2D eigenvalue weighted by Crippen LogP contribution is -2.42. The van der Waals surface area contributed by atoms with Crippen LogP contribution in [-0.4, -0.2) is 30.5 Å². The lowest BCUT2D eigenvalue weighted by Gasteiger charge is -2.23. The molecule has 0 bridgehead atoms. The van der Waals surface area contributed by atoms with Gasteiger partial charge in [-0.2, -0.15) is 0 Å². The molecule has 0 aromatic heterocycles. The highest BCUT2D eigenvalue weighted by Gasteiger charge is 2.20. The van der Waals surface area contributed by atoms with Crippen LogP contribution < -0.4 is 10.6 Å². The van der Waals surface area contributed by atoms with Gasteiger partial charge in [-0.25, -0.2) is 0 Å². The predicted molar refractivity (Wildman–Crippen MR) is 102 cm³/mol. The van der Waals surface area contributed by atoms with Crippen LogP contribution in [0.15, 0.2) is 0 Å². The highest BCUT2D eigenvalue weighted by molar-refractivity contribution is 5.81. The Balaban J connectivity index is 1.59. The summed E-state index contributed by atoms with van der Waals surface area (Å²) in [6.45, 7) is 2.89. The van der Waals surface area contributed by atoms with Gasteiger partial charge in [0, 0.05) is 12.1 Å². The van der Waals surface area contributed by atoms with Crippen LogP contribution in [0, 0.1) is 0 Å². The maximum atomic E-state index is 12.0.